The van der Waals surface area contributed by atoms with Gasteiger partial charge in [0.2, 0.25) is 11.8 Å². The van der Waals surface area contributed by atoms with Crippen LogP contribution < -0.4 is 10.5 Å². The Morgan fingerprint density at radius 3 is 2.66 bits per heavy atom. The number of fused-ring (bicyclic) bond motifs is 2. The maximum absolute atomic E-state index is 13.8. The van der Waals surface area contributed by atoms with Crippen molar-refractivity contribution in [2.24, 2.45) is 5.73 Å². The highest BCUT2D eigenvalue weighted by Crippen LogP contribution is 2.53. The number of carbonyl (C=O) groups excluding carboxylic acids is 2. The molecule has 2 N–H and O–H groups in total. The third-order valence-electron chi connectivity index (χ3n) is 4.87. The molecule has 1 aromatic rings. The SMILES string of the molecule is C=CCN1C(=O)[C@]2(C(C#N)=C(N)Oc3ccccc32)C(C(=O)OC(C)(C)C)=C1C. The van der Waals surface area contributed by atoms with Gasteiger partial charge in [0.25, 0.3) is 0 Å². The highest BCUT2D eigenvalue weighted by Gasteiger charge is 2.62. The van der Waals surface area contributed by atoms with Crippen LogP contribution in [0.5, 0.6) is 5.75 Å². The number of ether oxygens (including phenoxy) is 2. The number of allylic oxidation sites excluding steroid dienone is 1. The Labute approximate surface area is 169 Å². The Hall–Kier alpha value is -3.53. The molecule has 0 unspecified atom stereocenters. The monoisotopic (exact) mass is 393 g/mol. The first-order valence-electron chi connectivity index (χ1n) is 9.14. The van der Waals surface area contributed by atoms with Crippen LogP contribution in [0.2, 0.25) is 0 Å². The summed E-state index contributed by atoms with van der Waals surface area (Å²) in [7, 11) is 0. The number of para-hydroxylation sites is 1. The van der Waals surface area contributed by atoms with Gasteiger partial charge in [-0.1, -0.05) is 24.3 Å². The first-order valence-corrected chi connectivity index (χ1v) is 9.14. The molecular formula is C22H23N3O4. The number of hydrogen-bond acceptors (Lipinski definition) is 6. The van der Waals surface area contributed by atoms with Crippen LogP contribution in [-0.2, 0) is 19.7 Å². The van der Waals surface area contributed by atoms with Crippen LogP contribution in [0.3, 0.4) is 0 Å². The van der Waals surface area contributed by atoms with Crippen molar-refractivity contribution in [1.29, 1.82) is 5.26 Å². The first kappa shape index (κ1) is 20.2. The molecule has 3 rings (SSSR count). The Morgan fingerprint density at radius 1 is 1.41 bits per heavy atom. The lowest BCUT2D eigenvalue weighted by Gasteiger charge is -2.35. The predicted octanol–water partition coefficient (Wildman–Crippen LogP) is 2.65. The molecule has 7 nitrogen and oxygen atoms in total. The largest absolute Gasteiger partial charge is 0.457 e. The van der Waals surface area contributed by atoms with Crippen LogP contribution in [0.25, 0.3) is 0 Å². The summed E-state index contributed by atoms with van der Waals surface area (Å²) in [5.74, 6) is -1.06. The summed E-state index contributed by atoms with van der Waals surface area (Å²) < 4.78 is 11.2. The highest BCUT2D eigenvalue weighted by atomic mass is 16.6. The number of nitrogens with zero attached hydrogens (tertiary/aromatic N) is 2. The second-order valence-corrected chi connectivity index (χ2v) is 7.87. The fraction of sp³-hybridized carbons (Fsp3) is 0.318. The molecule has 1 atom stereocenters. The lowest BCUT2D eigenvalue weighted by Crippen LogP contribution is -2.47. The van der Waals surface area contributed by atoms with Crippen molar-refractivity contribution in [3.8, 4) is 11.8 Å². The smallest absolute Gasteiger partial charge is 0.338 e. The summed E-state index contributed by atoms with van der Waals surface area (Å²) in [5.41, 5.74) is 4.21. The van der Waals surface area contributed by atoms with Crippen molar-refractivity contribution in [3.63, 3.8) is 0 Å². The number of carbonyl (C=O) groups is 2. The molecule has 2 aliphatic rings. The van der Waals surface area contributed by atoms with Gasteiger partial charge in [0.15, 0.2) is 5.41 Å². The molecule has 0 bridgehead atoms. The fourth-order valence-corrected chi connectivity index (χ4v) is 3.82. The van der Waals surface area contributed by atoms with E-state index in [1.165, 1.54) is 4.90 Å². The molecule has 0 aliphatic carbocycles. The molecule has 1 spiro atoms. The Kier molecular flexibility index (Phi) is 4.75. The normalized spacial score (nSPS) is 21.1. The van der Waals surface area contributed by atoms with E-state index in [1.54, 1.807) is 58.0 Å². The van der Waals surface area contributed by atoms with Gasteiger partial charge in [-0.25, -0.2) is 4.79 Å². The van der Waals surface area contributed by atoms with Crippen molar-refractivity contribution in [3.05, 3.63) is 65.2 Å². The average Bonchev–Trinajstić information content (AvgIpc) is 2.83. The second kappa shape index (κ2) is 6.82. The number of rotatable bonds is 3. The topological polar surface area (TPSA) is 106 Å². The molecular weight excluding hydrogens is 370 g/mol. The third kappa shape index (κ3) is 2.88. The Balaban J connectivity index is 2.40. The summed E-state index contributed by atoms with van der Waals surface area (Å²) in [4.78, 5) is 28.5. The van der Waals surface area contributed by atoms with Gasteiger partial charge in [-0.3, -0.25) is 4.79 Å². The zero-order chi connectivity index (χ0) is 21.6. The number of hydrogen-bond donors (Lipinski definition) is 1. The van der Waals surface area contributed by atoms with Gasteiger partial charge in [-0.2, -0.15) is 5.26 Å². The summed E-state index contributed by atoms with van der Waals surface area (Å²) in [6, 6.07) is 8.74. The summed E-state index contributed by atoms with van der Waals surface area (Å²) >= 11 is 0. The minimum Gasteiger partial charge on any atom is -0.457 e. The van der Waals surface area contributed by atoms with Gasteiger partial charge in [-0.05, 0) is 33.8 Å². The van der Waals surface area contributed by atoms with E-state index in [-0.39, 0.29) is 23.6 Å². The molecule has 2 aliphatic heterocycles. The van der Waals surface area contributed by atoms with Gasteiger partial charge in [0.1, 0.15) is 23.0 Å². The van der Waals surface area contributed by atoms with Crippen LogP contribution in [0, 0.1) is 11.3 Å². The van der Waals surface area contributed by atoms with E-state index in [2.05, 4.69) is 6.58 Å². The molecule has 29 heavy (non-hydrogen) atoms. The van der Waals surface area contributed by atoms with E-state index >= 15 is 0 Å². The maximum atomic E-state index is 13.8. The standard InChI is InChI=1S/C22H23N3O4/c1-6-11-25-13(2)17(19(26)29-21(3,4)5)22(20(25)27)14-9-7-8-10-16(14)28-18(24)15(22)12-23/h6-10H,1,11,24H2,2-5H3/t22-/m1/s1. The van der Waals surface area contributed by atoms with Gasteiger partial charge < -0.3 is 20.1 Å². The third-order valence-corrected chi connectivity index (χ3v) is 4.87. The van der Waals surface area contributed by atoms with Gasteiger partial charge in [0, 0.05) is 17.8 Å². The van der Waals surface area contributed by atoms with Crippen molar-refractivity contribution < 1.29 is 19.1 Å². The van der Waals surface area contributed by atoms with E-state index in [4.69, 9.17) is 15.2 Å². The lowest BCUT2D eigenvalue weighted by atomic mass is 9.68. The molecule has 1 amide bonds. The van der Waals surface area contributed by atoms with Crippen LogP contribution in [0.4, 0.5) is 0 Å². The van der Waals surface area contributed by atoms with Crippen LogP contribution in [0.15, 0.2) is 59.6 Å². The van der Waals surface area contributed by atoms with E-state index in [0.717, 1.165) is 0 Å². The van der Waals surface area contributed by atoms with Crippen molar-refractivity contribution in [2.75, 3.05) is 6.54 Å². The van der Waals surface area contributed by atoms with Crippen molar-refractivity contribution in [2.45, 2.75) is 38.7 Å². The van der Waals surface area contributed by atoms with Crippen molar-refractivity contribution in [1.82, 2.24) is 4.90 Å². The van der Waals surface area contributed by atoms with Gasteiger partial charge in [-0.15, -0.1) is 6.58 Å². The highest BCUT2D eigenvalue weighted by molar-refractivity contribution is 6.12. The van der Waals surface area contributed by atoms with E-state index in [1.807, 2.05) is 6.07 Å². The minimum atomic E-state index is -1.73. The number of benzene rings is 1. The number of nitriles is 1. The zero-order valence-corrected chi connectivity index (χ0v) is 16.9. The number of nitrogens with two attached hydrogens (primary N) is 1. The van der Waals surface area contributed by atoms with Crippen LogP contribution in [0.1, 0.15) is 33.3 Å². The molecule has 0 saturated heterocycles. The minimum absolute atomic E-state index is 0.0644. The van der Waals surface area contributed by atoms with Gasteiger partial charge in [0.05, 0.1) is 5.57 Å². The summed E-state index contributed by atoms with van der Waals surface area (Å²) in [5, 5.41) is 9.93. The van der Waals surface area contributed by atoms with Crippen LogP contribution in [-0.4, -0.2) is 28.9 Å². The zero-order valence-electron chi connectivity index (χ0n) is 16.9. The molecule has 2 heterocycles. The molecule has 1 aromatic carbocycles. The maximum Gasteiger partial charge on any atom is 0.338 e. The van der Waals surface area contributed by atoms with Crippen LogP contribution >= 0.6 is 0 Å². The fourth-order valence-electron chi connectivity index (χ4n) is 3.82. The Bertz CT molecular complexity index is 1020. The van der Waals surface area contributed by atoms with E-state index < -0.39 is 22.9 Å². The molecule has 150 valence electrons. The molecule has 7 heteroatoms. The Morgan fingerprint density at radius 2 is 2.07 bits per heavy atom. The predicted molar refractivity (Wildman–Crippen MR) is 106 cm³/mol. The molecule has 0 saturated carbocycles. The summed E-state index contributed by atoms with van der Waals surface area (Å²) in [6.07, 6.45) is 1.55. The molecule has 0 fully saturated rings. The van der Waals surface area contributed by atoms with Gasteiger partial charge >= 0.3 is 5.97 Å². The van der Waals surface area contributed by atoms with E-state index in [0.29, 0.717) is 17.0 Å². The second-order valence-electron chi connectivity index (χ2n) is 7.87. The van der Waals surface area contributed by atoms with E-state index in [9.17, 15) is 14.9 Å². The number of esters is 1. The number of amides is 1. The molecule has 0 radical (unpaired) electrons. The molecule has 0 aromatic heterocycles. The first-order chi connectivity index (χ1) is 13.6. The average molecular weight is 393 g/mol. The lowest BCUT2D eigenvalue weighted by molar-refractivity contribution is -0.151. The quantitative estimate of drug-likeness (QED) is 0.625. The van der Waals surface area contributed by atoms with Crippen molar-refractivity contribution >= 4 is 11.9 Å². The summed E-state index contributed by atoms with van der Waals surface area (Å²) in [6.45, 7) is 10.7.